The van der Waals surface area contributed by atoms with Crippen molar-refractivity contribution in [2.24, 2.45) is 5.73 Å². The molecule has 5 heteroatoms. The van der Waals surface area contributed by atoms with E-state index in [0.717, 1.165) is 25.1 Å². The van der Waals surface area contributed by atoms with Gasteiger partial charge in [-0.2, -0.15) is 0 Å². The number of nitrogens with one attached hydrogen (secondary N) is 1. The Morgan fingerprint density at radius 1 is 1.15 bits per heavy atom. The molecular weight excluding hydrogens is 338 g/mol. The van der Waals surface area contributed by atoms with E-state index in [1.54, 1.807) is 13.2 Å². The number of nitrogens with zero attached hydrogens (tertiary/aromatic N) is 1. The summed E-state index contributed by atoms with van der Waals surface area (Å²) in [6.07, 6.45) is 4.84. The molecule has 2 fully saturated rings. The van der Waals surface area contributed by atoms with E-state index < -0.39 is 5.91 Å². The maximum absolute atomic E-state index is 11.5. The summed E-state index contributed by atoms with van der Waals surface area (Å²) in [7, 11) is 1.56. The number of hydrogen-bond acceptors (Lipinski definition) is 4. The van der Waals surface area contributed by atoms with Crippen molar-refractivity contribution >= 4 is 11.6 Å². The highest BCUT2D eigenvalue weighted by Gasteiger charge is 2.40. The lowest BCUT2D eigenvalue weighted by atomic mass is 9.96. The third-order valence-electron chi connectivity index (χ3n) is 5.93. The van der Waals surface area contributed by atoms with Gasteiger partial charge in [0.25, 0.3) is 5.91 Å². The maximum atomic E-state index is 11.5. The number of ether oxygens (including phenoxy) is 1. The average Bonchev–Trinajstić information content (AvgIpc) is 2.90. The van der Waals surface area contributed by atoms with Gasteiger partial charge in [-0.25, -0.2) is 0 Å². The zero-order chi connectivity index (χ0) is 18.8. The molecule has 2 heterocycles. The largest absolute Gasteiger partial charge is 0.496 e. The number of carbonyl (C=O) groups excluding carboxylic acids is 1. The average molecular weight is 365 g/mol. The predicted molar refractivity (Wildman–Crippen MR) is 107 cm³/mol. The minimum Gasteiger partial charge on any atom is -0.496 e. The summed E-state index contributed by atoms with van der Waals surface area (Å²) in [5.74, 6) is 0.0580. The zero-order valence-electron chi connectivity index (χ0n) is 15.7. The summed E-state index contributed by atoms with van der Waals surface area (Å²) in [6.45, 7) is 1.05. The van der Waals surface area contributed by atoms with Gasteiger partial charge in [0.1, 0.15) is 5.75 Å². The summed E-state index contributed by atoms with van der Waals surface area (Å²) in [5, 5.41) is 3.65. The number of benzene rings is 2. The molecule has 2 unspecified atom stereocenters. The maximum Gasteiger partial charge on any atom is 0.252 e. The number of amides is 1. The van der Waals surface area contributed by atoms with Crippen LogP contribution >= 0.6 is 0 Å². The molecule has 2 atom stereocenters. The van der Waals surface area contributed by atoms with Crippen molar-refractivity contribution < 1.29 is 9.53 Å². The zero-order valence-corrected chi connectivity index (χ0v) is 15.7. The van der Waals surface area contributed by atoms with Crippen LogP contribution in [0, 0.1) is 0 Å². The number of nitrogens with two attached hydrogens (primary N) is 1. The fourth-order valence-electron chi connectivity index (χ4n) is 4.66. The molecule has 3 N–H and O–H groups in total. The monoisotopic (exact) mass is 365 g/mol. The molecule has 2 saturated heterocycles. The number of carbonyl (C=O) groups is 1. The van der Waals surface area contributed by atoms with Gasteiger partial charge in [0.05, 0.1) is 12.7 Å². The van der Waals surface area contributed by atoms with Crippen molar-refractivity contribution in [3.05, 3.63) is 59.7 Å². The first-order valence-corrected chi connectivity index (χ1v) is 9.68. The van der Waals surface area contributed by atoms with Crippen LogP contribution in [0.5, 0.6) is 5.75 Å². The quantitative estimate of drug-likeness (QED) is 0.823. The van der Waals surface area contributed by atoms with Crippen LogP contribution in [-0.4, -0.2) is 36.0 Å². The Morgan fingerprint density at radius 2 is 1.85 bits per heavy atom. The fourth-order valence-corrected chi connectivity index (χ4v) is 4.66. The fraction of sp³-hybridized carbons (Fsp3) is 0.409. The van der Waals surface area contributed by atoms with E-state index in [1.807, 2.05) is 12.1 Å². The van der Waals surface area contributed by atoms with Crippen LogP contribution in [0.25, 0.3) is 0 Å². The standard InChI is InChI=1S/C22H27N3O2/c1-27-21-13-16(7-10-20(21)22(23)26)24-17-11-18-8-9-19(12-17)25(18)14-15-5-3-2-4-6-15/h2-7,10,13,17-19,24H,8-9,11-12,14H2,1H3,(H2,23,26). The van der Waals surface area contributed by atoms with Gasteiger partial charge in [-0.05, 0) is 43.4 Å². The molecule has 2 aliphatic heterocycles. The van der Waals surface area contributed by atoms with Crippen molar-refractivity contribution in [3.8, 4) is 5.75 Å². The molecule has 4 rings (SSSR count). The number of primary amides is 1. The molecule has 0 radical (unpaired) electrons. The smallest absolute Gasteiger partial charge is 0.252 e. The third-order valence-corrected chi connectivity index (χ3v) is 5.93. The number of fused-ring (bicyclic) bond motifs is 2. The highest BCUT2D eigenvalue weighted by atomic mass is 16.5. The molecule has 0 aromatic heterocycles. The third kappa shape index (κ3) is 3.78. The lowest BCUT2D eigenvalue weighted by Crippen LogP contribution is -2.46. The van der Waals surface area contributed by atoms with Crippen molar-refractivity contribution in [2.75, 3.05) is 12.4 Å². The van der Waals surface area contributed by atoms with Gasteiger partial charge >= 0.3 is 0 Å². The van der Waals surface area contributed by atoms with Crippen molar-refractivity contribution in [2.45, 2.75) is 50.4 Å². The number of rotatable bonds is 6. The van der Waals surface area contributed by atoms with E-state index in [9.17, 15) is 4.79 Å². The Labute approximate surface area is 160 Å². The minimum atomic E-state index is -0.467. The first-order valence-electron chi connectivity index (χ1n) is 9.68. The highest BCUT2D eigenvalue weighted by Crippen LogP contribution is 2.38. The summed E-state index contributed by atoms with van der Waals surface area (Å²) in [6, 6.07) is 18.0. The van der Waals surface area contributed by atoms with Crippen molar-refractivity contribution in [3.63, 3.8) is 0 Å². The molecule has 2 aliphatic rings. The van der Waals surface area contributed by atoms with E-state index in [-0.39, 0.29) is 0 Å². The topological polar surface area (TPSA) is 67.6 Å². The first-order chi connectivity index (χ1) is 13.1. The van der Waals surface area contributed by atoms with Crippen molar-refractivity contribution in [1.82, 2.24) is 4.90 Å². The molecule has 1 amide bonds. The molecule has 0 aliphatic carbocycles. The van der Waals surface area contributed by atoms with E-state index in [0.29, 0.717) is 29.4 Å². The Hall–Kier alpha value is -2.53. The van der Waals surface area contributed by atoms with Gasteiger partial charge in [0.2, 0.25) is 0 Å². The molecular formula is C22H27N3O2. The Bertz CT molecular complexity index is 794. The molecule has 0 spiro atoms. The molecule has 0 saturated carbocycles. The van der Waals surface area contributed by atoms with E-state index in [1.165, 1.54) is 18.4 Å². The number of hydrogen-bond donors (Lipinski definition) is 2. The summed E-state index contributed by atoms with van der Waals surface area (Å²) >= 11 is 0. The molecule has 2 bridgehead atoms. The van der Waals surface area contributed by atoms with Crippen LogP contribution < -0.4 is 15.8 Å². The Morgan fingerprint density at radius 3 is 2.48 bits per heavy atom. The van der Waals surface area contributed by atoms with Gasteiger partial charge in [-0.15, -0.1) is 0 Å². The normalized spacial score (nSPS) is 24.6. The minimum absolute atomic E-state index is 0.417. The van der Waals surface area contributed by atoms with Gasteiger partial charge in [0.15, 0.2) is 0 Å². The number of methoxy groups -OCH3 is 1. The van der Waals surface area contributed by atoms with Crippen LogP contribution in [0.15, 0.2) is 48.5 Å². The van der Waals surface area contributed by atoms with Crippen LogP contribution in [0.2, 0.25) is 0 Å². The van der Waals surface area contributed by atoms with Gasteiger partial charge in [-0.1, -0.05) is 30.3 Å². The van der Waals surface area contributed by atoms with Crippen LogP contribution in [0.3, 0.4) is 0 Å². The van der Waals surface area contributed by atoms with E-state index >= 15 is 0 Å². The predicted octanol–water partition coefficient (Wildman–Crippen LogP) is 3.40. The van der Waals surface area contributed by atoms with Crippen LogP contribution in [-0.2, 0) is 6.54 Å². The van der Waals surface area contributed by atoms with E-state index in [2.05, 4.69) is 40.5 Å². The molecule has 2 aromatic rings. The second-order valence-electron chi connectivity index (χ2n) is 7.63. The second-order valence-corrected chi connectivity index (χ2v) is 7.63. The molecule has 5 nitrogen and oxygen atoms in total. The first kappa shape index (κ1) is 17.9. The molecule has 142 valence electrons. The lowest BCUT2D eigenvalue weighted by Gasteiger charge is -2.39. The Kier molecular flexibility index (Phi) is 5.03. The summed E-state index contributed by atoms with van der Waals surface area (Å²) < 4.78 is 5.33. The van der Waals surface area contributed by atoms with Crippen LogP contribution in [0.1, 0.15) is 41.6 Å². The Balaban J connectivity index is 1.42. The number of anilines is 1. The number of piperidine rings is 1. The summed E-state index contributed by atoms with van der Waals surface area (Å²) in [4.78, 5) is 14.2. The van der Waals surface area contributed by atoms with Gasteiger partial charge < -0.3 is 15.8 Å². The second kappa shape index (κ2) is 7.61. The van der Waals surface area contributed by atoms with Gasteiger partial charge in [0, 0.05) is 36.4 Å². The SMILES string of the molecule is COc1cc(NC2CC3CCC(C2)N3Cc2ccccc2)ccc1C(N)=O. The lowest BCUT2D eigenvalue weighted by molar-refractivity contribution is 0.0997. The highest BCUT2D eigenvalue weighted by molar-refractivity contribution is 5.96. The van der Waals surface area contributed by atoms with Crippen LogP contribution in [0.4, 0.5) is 5.69 Å². The molecule has 27 heavy (non-hydrogen) atoms. The van der Waals surface area contributed by atoms with Crippen molar-refractivity contribution in [1.29, 1.82) is 0 Å². The van der Waals surface area contributed by atoms with Gasteiger partial charge in [-0.3, -0.25) is 9.69 Å². The van der Waals surface area contributed by atoms with E-state index in [4.69, 9.17) is 10.5 Å². The summed E-state index contributed by atoms with van der Waals surface area (Å²) in [5.41, 5.74) is 8.20. The molecule has 2 aromatic carbocycles.